The molecule has 1 amide bonds. The summed E-state index contributed by atoms with van der Waals surface area (Å²) >= 11 is 1.49. The summed E-state index contributed by atoms with van der Waals surface area (Å²) in [4.78, 5) is 17.8. The molecule has 0 aliphatic carbocycles. The van der Waals surface area contributed by atoms with Gasteiger partial charge < -0.3 is 10.2 Å². The molecular formula is C19H25N3OS. The summed E-state index contributed by atoms with van der Waals surface area (Å²) in [7, 11) is 0. The largest absolute Gasteiger partial charge is 0.369 e. The van der Waals surface area contributed by atoms with Crippen LogP contribution < -0.4 is 10.2 Å². The van der Waals surface area contributed by atoms with Crippen LogP contribution >= 0.6 is 11.3 Å². The second-order valence-corrected chi connectivity index (χ2v) is 7.25. The lowest BCUT2D eigenvalue weighted by Crippen LogP contribution is -2.47. The minimum atomic E-state index is 0.0476. The number of thiophene rings is 1. The molecule has 1 aliphatic heterocycles. The van der Waals surface area contributed by atoms with E-state index >= 15 is 0 Å². The molecule has 1 saturated heterocycles. The summed E-state index contributed by atoms with van der Waals surface area (Å²) in [5.41, 5.74) is 1.31. The zero-order chi connectivity index (χ0) is 16.8. The van der Waals surface area contributed by atoms with E-state index in [0.29, 0.717) is 0 Å². The molecule has 4 nitrogen and oxygen atoms in total. The Bertz CT molecular complexity index is 621. The highest BCUT2D eigenvalue weighted by Gasteiger charge is 2.18. The maximum absolute atomic E-state index is 12.0. The number of benzene rings is 1. The second-order valence-electron chi connectivity index (χ2n) is 6.30. The third-order valence-corrected chi connectivity index (χ3v) is 5.36. The van der Waals surface area contributed by atoms with E-state index in [1.807, 2.05) is 17.5 Å². The van der Waals surface area contributed by atoms with E-state index in [-0.39, 0.29) is 11.9 Å². The van der Waals surface area contributed by atoms with Gasteiger partial charge in [-0.2, -0.15) is 0 Å². The van der Waals surface area contributed by atoms with Crippen LogP contribution in [0.3, 0.4) is 0 Å². The van der Waals surface area contributed by atoms with Crippen molar-refractivity contribution in [1.29, 1.82) is 0 Å². The molecule has 1 fully saturated rings. The maximum Gasteiger partial charge on any atom is 0.261 e. The predicted molar refractivity (Wildman–Crippen MR) is 101 cm³/mol. The molecule has 2 heterocycles. The Morgan fingerprint density at radius 1 is 1.12 bits per heavy atom. The fourth-order valence-electron chi connectivity index (χ4n) is 3.02. The van der Waals surface area contributed by atoms with Crippen LogP contribution in [0.2, 0.25) is 0 Å². The summed E-state index contributed by atoms with van der Waals surface area (Å²) in [6.45, 7) is 7.43. The van der Waals surface area contributed by atoms with Crippen LogP contribution in [0.4, 0.5) is 5.69 Å². The zero-order valence-corrected chi connectivity index (χ0v) is 15.0. The van der Waals surface area contributed by atoms with E-state index in [1.54, 1.807) is 0 Å². The molecule has 1 aliphatic rings. The van der Waals surface area contributed by atoms with Gasteiger partial charge >= 0.3 is 0 Å². The van der Waals surface area contributed by atoms with Gasteiger partial charge in [0.05, 0.1) is 4.88 Å². The molecule has 0 radical (unpaired) electrons. The number of nitrogens with one attached hydrogen (secondary N) is 1. The summed E-state index contributed by atoms with van der Waals surface area (Å²) < 4.78 is 0. The molecule has 0 spiro atoms. The van der Waals surface area contributed by atoms with Crippen molar-refractivity contribution in [1.82, 2.24) is 10.2 Å². The Morgan fingerprint density at radius 3 is 2.54 bits per heavy atom. The van der Waals surface area contributed by atoms with Crippen LogP contribution in [0.1, 0.15) is 23.0 Å². The fraction of sp³-hybridized carbons (Fsp3) is 0.421. The molecule has 128 valence electrons. The van der Waals surface area contributed by atoms with Crippen molar-refractivity contribution in [3.8, 4) is 0 Å². The lowest BCUT2D eigenvalue weighted by molar-refractivity contribution is 0.0939. The van der Waals surface area contributed by atoms with Crippen molar-refractivity contribution >= 4 is 22.9 Å². The van der Waals surface area contributed by atoms with Crippen molar-refractivity contribution in [3.63, 3.8) is 0 Å². The molecule has 5 heteroatoms. The van der Waals surface area contributed by atoms with Crippen molar-refractivity contribution in [2.75, 3.05) is 37.6 Å². The molecule has 0 saturated carbocycles. The first-order chi connectivity index (χ1) is 11.7. The first kappa shape index (κ1) is 17.0. The summed E-state index contributed by atoms with van der Waals surface area (Å²) in [5, 5.41) is 5.03. The lowest BCUT2D eigenvalue weighted by atomic mass is 10.2. The Balaban J connectivity index is 1.38. The Labute approximate surface area is 148 Å². The number of carbonyl (C=O) groups excluding carboxylic acids is 1. The lowest BCUT2D eigenvalue weighted by Gasteiger charge is -2.36. The summed E-state index contributed by atoms with van der Waals surface area (Å²) in [5.74, 6) is 0.0476. The maximum atomic E-state index is 12.0. The van der Waals surface area contributed by atoms with Crippen molar-refractivity contribution in [2.24, 2.45) is 0 Å². The van der Waals surface area contributed by atoms with Gasteiger partial charge in [0.25, 0.3) is 5.91 Å². The predicted octanol–water partition coefficient (Wildman–Crippen LogP) is 3.08. The van der Waals surface area contributed by atoms with E-state index in [2.05, 4.69) is 52.4 Å². The fourth-order valence-corrected chi connectivity index (χ4v) is 3.65. The monoisotopic (exact) mass is 343 g/mol. The van der Waals surface area contributed by atoms with Gasteiger partial charge in [-0.05, 0) is 36.9 Å². The number of anilines is 1. The van der Waals surface area contributed by atoms with Crippen molar-refractivity contribution in [2.45, 2.75) is 19.4 Å². The van der Waals surface area contributed by atoms with Gasteiger partial charge in [-0.3, -0.25) is 9.69 Å². The number of rotatable bonds is 6. The molecular weight excluding hydrogens is 318 g/mol. The summed E-state index contributed by atoms with van der Waals surface area (Å²) in [6, 6.07) is 14.6. The molecule has 24 heavy (non-hydrogen) atoms. The highest BCUT2D eigenvalue weighted by molar-refractivity contribution is 7.12. The van der Waals surface area contributed by atoms with E-state index in [4.69, 9.17) is 0 Å². The van der Waals surface area contributed by atoms with Crippen LogP contribution in [-0.2, 0) is 0 Å². The van der Waals surface area contributed by atoms with Gasteiger partial charge in [0.15, 0.2) is 0 Å². The van der Waals surface area contributed by atoms with Crippen molar-refractivity contribution < 1.29 is 4.79 Å². The van der Waals surface area contributed by atoms with E-state index in [1.165, 1.54) is 17.0 Å². The molecule has 0 unspecified atom stereocenters. The third kappa shape index (κ3) is 4.58. The van der Waals surface area contributed by atoms with Gasteiger partial charge in [0.2, 0.25) is 0 Å². The van der Waals surface area contributed by atoms with Crippen molar-refractivity contribution in [3.05, 3.63) is 52.7 Å². The van der Waals surface area contributed by atoms with Crippen LogP contribution in [0.15, 0.2) is 47.8 Å². The highest BCUT2D eigenvalue weighted by Crippen LogP contribution is 2.15. The minimum absolute atomic E-state index is 0.0476. The Kier molecular flexibility index (Phi) is 5.88. The normalized spacial score (nSPS) is 16.8. The molecule has 1 N–H and O–H groups in total. The van der Waals surface area contributed by atoms with Gasteiger partial charge in [0, 0.05) is 44.5 Å². The first-order valence-electron chi connectivity index (χ1n) is 8.59. The molecule has 1 aromatic carbocycles. The van der Waals surface area contributed by atoms with Gasteiger partial charge in [-0.1, -0.05) is 24.3 Å². The number of nitrogens with zero attached hydrogens (tertiary/aromatic N) is 2. The number of piperazine rings is 1. The zero-order valence-electron chi connectivity index (χ0n) is 14.1. The SMILES string of the molecule is C[C@H](CCN1CCN(c2ccccc2)CC1)NC(=O)c1cccs1. The quantitative estimate of drug-likeness (QED) is 0.875. The van der Waals surface area contributed by atoms with Crippen LogP contribution in [0.5, 0.6) is 0 Å². The van der Waals surface area contributed by atoms with Gasteiger partial charge in [-0.15, -0.1) is 11.3 Å². The van der Waals surface area contributed by atoms with Gasteiger partial charge in [0.1, 0.15) is 0 Å². The standard InChI is InChI=1S/C19H25N3OS/c1-16(20-19(23)18-8-5-15-24-18)9-10-21-11-13-22(14-12-21)17-6-3-2-4-7-17/h2-8,15-16H,9-14H2,1H3,(H,20,23)/t16-/m1/s1. The van der Waals surface area contributed by atoms with E-state index in [0.717, 1.165) is 44.0 Å². The van der Waals surface area contributed by atoms with E-state index < -0.39 is 0 Å². The molecule has 1 aromatic heterocycles. The number of para-hydroxylation sites is 1. The van der Waals surface area contributed by atoms with E-state index in [9.17, 15) is 4.79 Å². The van der Waals surface area contributed by atoms with Crippen LogP contribution in [0.25, 0.3) is 0 Å². The average Bonchev–Trinajstić information content (AvgIpc) is 3.16. The molecule has 0 bridgehead atoms. The number of hydrogen-bond donors (Lipinski definition) is 1. The van der Waals surface area contributed by atoms with Crippen LogP contribution in [-0.4, -0.2) is 49.6 Å². The summed E-state index contributed by atoms with van der Waals surface area (Å²) in [6.07, 6.45) is 0.989. The molecule has 2 aromatic rings. The van der Waals surface area contributed by atoms with Crippen LogP contribution in [0, 0.1) is 0 Å². The third-order valence-electron chi connectivity index (χ3n) is 4.49. The second kappa shape index (κ2) is 8.31. The topological polar surface area (TPSA) is 35.6 Å². The van der Waals surface area contributed by atoms with Gasteiger partial charge in [-0.25, -0.2) is 0 Å². The smallest absolute Gasteiger partial charge is 0.261 e. The Hall–Kier alpha value is -1.85. The number of amides is 1. The average molecular weight is 343 g/mol. The Morgan fingerprint density at radius 2 is 1.88 bits per heavy atom. The minimum Gasteiger partial charge on any atom is -0.369 e. The highest BCUT2D eigenvalue weighted by atomic mass is 32.1. The number of hydrogen-bond acceptors (Lipinski definition) is 4. The first-order valence-corrected chi connectivity index (χ1v) is 9.47. The number of carbonyl (C=O) groups is 1. The molecule has 3 rings (SSSR count). The molecule has 1 atom stereocenters.